The largest absolute Gasteiger partial charge is 0.467 e. The van der Waals surface area contributed by atoms with E-state index in [2.05, 4.69) is 15.5 Å². The van der Waals surface area contributed by atoms with Crippen LogP contribution in [0, 0.1) is 6.92 Å². The molecular weight excluding hydrogens is 294 g/mol. The first-order chi connectivity index (χ1) is 9.99. The number of rotatable bonds is 5. The monoisotopic (exact) mass is 309 g/mol. The number of aromatic nitrogens is 3. The Morgan fingerprint density at radius 1 is 1.57 bits per heavy atom. The van der Waals surface area contributed by atoms with Gasteiger partial charge < -0.3 is 15.6 Å². The molecule has 2 heterocycles. The first kappa shape index (κ1) is 15.1. The van der Waals surface area contributed by atoms with Gasteiger partial charge in [0.25, 0.3) is 5.56 Å². The van der Waals surface area contributed by atoms with Crippen LogP contribution in [0.25, 0.3) is 0 Å². The van der Waals surface area contributed by atoms with E-state index in [9.17, 15) is 9.59 Å². The summed E-state index contributed by atoms with van der Waals surface area (Å²) < 4.78 is 6.08. The highest BCUT2D eigenvalue weighted by Gasteiger charge is 2.14. The van der Waals surface area contributed by atoms with Crippen LogP contribution in [0.5, 0.6) is 0 Å². The number of carbonyl (C=O) groups excluding carboxylic acids is 1. The molecule has 0 aliphatic carbocycles. The average Bonchev–Trinajstić information content (AvgIpc) is 2.98. The molecule has 0 radical (unpaired) electrons. The Kier molecular flexibility index (Phi) is 4.63. The third-order valence-corrected chi connectivity index (χ3v) is 3.64. The van der Waals surface area contributed by atoms with Gasteiger partial charge in [-0.05, 0) is 26.0 Å². The standard InChI is InChI=1S/C12H15N5O3S/c1-7(9-4-3-5-20-9)14-10(18)6-21-12-16-15-8(2)11(19)17(12)13/h3-5,7H,6,13H2,1-2H3,(H,14,18)/t7-/m0/s1. The van der Waals surface area contributed by atoms with E-state index in [1.54, 1.807) is 18.4 Å². The van der Waals surface area contributed by atoms with Crippen LogP contribution in [-0.2, 0) is 4.79 Å². The number of thioether (sulfide) groups is 1. The molecule has 9 heteroatoms. The molecule has 0 saturated carbocycles. The van der Waals surface area contributed by atoms with E-state index in [1.807, 2.05) is 6.92 Å². The molecular formula is C12H15N5O3S. The number of hydrogen-bond acceptors (Lipinski definition) is 7. The summed E-state index contributed by atoms with van der Waals surface area (Å²) in [4.78, 5) is 23.4. The highest BCUT2D eigenvalue weighted by atomic mass is 32.2. The van der Waals surface area contributed by atoms with E-state index in [0.717, 1.165) is 16.4 Å². The van der Waals surface area contributed by atoms with Gasteiger partial charge in [0.1, 0.15) is 11.5 Å². The second-order valence-electron chi connectivity index (χ2n) is 4.34. The zero-order valence-electron chi connectivity index (χ0n) is 11.6. The van der Waals surface area contributed by atoms with Gasteiger partial charge in [-0.2, -0.15) is 4.68 Å². The number of furan rings is 1. The fourth-order valence-electron chi connectivity index (χ4n) is 1.59. The Labute approximate surface area is 124 Å². The van der Waals surface area contributed by atoms with E-state index < -0.39 is 5.56 Å². The molecule has 0 aromatic carbocycles. The maximum atomic E-state index is 11.8. The number of nitrogens with one attached hydrogen (secondary N) is 1. The minimum absolute atomic E-state index is 0.0689. The maximum Gasteiger partial charge on any atom is 0.294 e. The summed E-state index contributed by atoms with van der Waals surface area (Å²) in [7, 11) is 0. The first-order valence-corrected chi connectivity index (χ1v) is 7.14. The van der Waals surface area contributed by atoms with E-state index >= 15 is 0 Å². The van der Waals surface area contributed by atoms with Crippen LogP contribution in [0.15, 0.2) is 32.8 Å². The Morgan fingerprint density at radius 3 is 3.00 bits per heavy atom. The van der Waals surface area contributed by atoms with Gasteiger partial charge >= 0.3 is 0 Å². The summed E-state index contributed by atoms with van der Waals surface area (Å²) in [6.07, 6.45) is 1.54. The van der Waals surface area contributed by atoms with Gasteiger partial charge in [0.15, 0.2) is 0 Å². The van der Waals surface area contributed by atoms with Gasteiger partial charge in [0.05, 0.1) is 18.1 Å². The molecule has 8 nitrogen and oxygen atoms in total. The number of nitrogens with two attached hydrogens (primary N) is 1. The third-order valence-electron chi connectivity index (χ3n) is 2.70. The summed E-state index contributed by atoms with van der Waals surface area (Å²) in [6, 6.07) is 3.29. The first-order valence-electron chi connectivity index (χ1n) is 6.16. The van der Waals surface area contributed by atoms with Crippen molar-refractivity contribution in [1.82, 2.24) is 20.2 Å². The van der Waals surface area contributed by atoms with E-state index in [-0.39, 0.29) is 28.6 Å². The molecule has 2 aromatic rings. The predicted molar refractivity (Wildman–Crippen MR) is 77.2 cm³/mol. The van der Waals surface area contributed by atoms with Crippen LogP contribution in [0.3, 0.4) is 0 Å². The molecule has 0 bridgehead atoms. The van der Waals surface area contributed by atoms with Crippen molar-refractivity contribution in [1.29, 1.82) is 0 Å². The summed E-state index contributed by atoms with van der Waals surface area (Å²) in [5.74, 6) is 6.09. The molecule has 1 amide bonds. The van der Waals surface area contributed by atoms with Gasteiger partial charge in [-0.15, -0.1) is 10.2 Å². The second kappa shape index (κ2) is 6.44. The van der Waals surface area contributed by atoms with Crippen LogP contribution >= 0.6 is 11.8 Å². The predicted octanol–water partition coefficient (Wildman–Crippen LogP) is 0.223. The lowest BCUT2D eigenvalue weighted by Crippen LogP contribution is -2.33. The number of hydrogen-bond donors (Lipinski definition) is 2. The van der Waals surface area contributed by atoms with Crippen molar-refractivity contribution in [2.24, 2.45) is 0 Å². The molecule has 0 unspecified atom stereocenters. The topological polar surface area (TPSA) is 116 Å². The van der Waals surface area contributed by atoms with Crippen molar-refractivity contribution in [3.8, 4) is 0 Å². The normalized spacial score (nSPS) is 12.1. The number of nitrogens with zero attached hydrogens (tertiary/aromatic N) is 3. The molecule has 0 saturated heterocycles. The Bertz CT molecular complexity index is 683. The molecule has 0 aliphatic rings. The number of nitrogen functional groups attached to an aromatic ring is 1. The lowest BCUT2D eigenvalue weighted by atomic mass is 10.2. The molecule has 21 heavy (non-hydrogen) atoms. The summed E-state index contributed by atoms with van der Waals surface area (Å²) in [5.41, 5.74) is -0.227. The summed E-state index contributed by atoms with van der Waals surface area (Å²) in [6.45, 7) is 3.33. The zero-order valence-corrected chi connectivity index (χ0v) is 12.4. The second-order valence-corrected chi connectivity index (χ2v) is 5.28. The maximum absolute atomic E-state index is 11.8. The Morgan fingerprint density at radius 2 is 2.33 bits per heavy atom. The lowest BCUT2D eigenvalue weighted by Gasteiger charge is -2.11. The summed E-state index contributed by atoms with van der Waals surface area (Å²) >= 11 is 1.04. The smallest absolute Gasteiger partial charge is 0.294 e. The molecule has 3 N–H and O–H groups in total. The van der Waals surface area contributed by atoms with Gasteiger partial charge in [0.2, 0.25) is 11.1 Å². The summed E-state index contributed by atoms with van der Waals surface area (Å²) in [5, 5.41) is 10.4. The van der Waals surface area contributed by atoms with Crippen LogP contribution in [0.2, 0.25) is 0 Å². The molecule has 0 aliphatic heterocycles. The molecule has 0 spiro atoms. The van der Waals surface area contributed by atoms with Crippen molar-refractivity contribution >= 4 is 17.7 Å². The van der Waals surface area contributed by atoms with Gasteiger partial charge in [-0.25, -0.2) is 0 Å². The molecule has 1 atom stereocenters. The van der Waals surface area contributed by atoms with Crippen LogP contribution in [0.4, 0.5) is 0 Å². The van der Waals surface area contributed by atoms with Gasteiger partial charge in [-0.3, -0.25) is 9.59 Å². The quantitative estimate of drug-likeness (QED) is 0.599. The van der Waals surface area contributed by atoms with Crippen LogP contribution in [0.1, 0.15) is 24.4 Å². The Hall–Kier alpha value is -2.29. The fourth-order valence-corrected chi connectivity index (χ4v) is 2.25. The third kappa shape index (κ3) is 3.63. The molecule has 2 rings (SSSR count). The van der Waals surface area contributed by atoms with Crippen LogP contribution < -0.4 is 16.7 Å². The minimum atomic E-state index is -0.433. The Balaban J connectivity index is 1.93. The highest BCUT2D eigenvalue weighted by molar-refractivity contribution is 7.99. The van der Waals surface area contributed by atoms with E-state index in [4.69, 9.17) is 10.3 Å². The average molecular weight is 309 g/mol. The number of carbonyl (C=O) groups is 1. The number of amides is 1. The van der Waals surface area contributed by atoms with E-state index in [1.165, 1.54) is 6.92 Å². The zero-order chi connectivity index (χ0) is 15.4. The van der Waals surface area contributed by atoms with Gasteiger partial charge in [0, 0.05) is 0 Å². The molecule has 2 aromatic heterocycles. The van der Waals surface area contributed by atoms with Crippen molar-refractivity contribution in [2.75, 3.05) is 11.6 Å². The number of aryl methyl sites for hydroxylation is 1. The van der Waals surface area contributed by atoms with Crippen molar-refractivity contribution in [3.05, 3.63) is 40.2 Å². The lowest BCUT2D eigenvalue weighted by molar-refractivity contribution is -0.119. The molecule has 112 valence electrons. The van der Waals surface area contributed by atoms with Crippen LogP contribution in [-0.4, -0.2) is 26.5 Å². The van der Waals surface area contributed by atoms with Crippen molar-refractivity contribution in [2.45, 2.75) is 25.0 Å². The van der Waals surface area contributed by atoms with Crippen molar-refractivity contribution < 1.29 is 9.21 Å². The van der Waals surface area contributed by atoms with Crippen molar-refractivity contribution in [3.63, 3.8) is 0 Å². The SMILES string of the molecule is Cc1nnc(SCC(=O)N[C@@H](C)c2ccco2)n(N)c1=O. The minimum Gasteiger partial charge on any atom is -0.467 e. The molecule has 0 fully saturated rings. The fraction of sp³-hybridized carbons (Fsp3) is 0.333. The van der Waals surface area contributed by atoms with Gasteiger partial charge in [-0.1, -0.05) is 11.8 Å². The highest BCUT2D eigenvalue weighted by Crippen LogP contribution is 2.14. The van der Waals surface area contributed by atoms with E-state index in [0.29, 0.717) is 5.76 Å².